The molecule has 0 aromatic heterocycles. The number of likely N-dealkylation sites (tertiary alicyclic amines) is 1. The Morgan fingerprint density at radius 1 is 1.44 bits per heavy atom. The molecule has 104 valence electrons. The summed E-state index contributed by atoms with van der Waals surface area (Å²) in [5.74, 6) is 0.922. The van der Waals surface area contributed by atoms with Crippen molar-refractivity contribution in [1.82, 2.24) is 15.5 Å². The summed E-state index contributed by atoms with van der Waals surface area (Å²) in [6.07, 6.45) is 5.10. The van der Waals surface area contributed by atoms with Crippen LogP contribution in [0.4, 0.5) is 0 Å². The Labute approximate surface area is 110 Å². The van der Waals surface area contributed by atoms with Gasteiger partial charge in [0.15, 0.2) is 0 Å². The molecule has 0 radical (unpaired) electrons. The first kappa shape index (κ1) is 13.8. The smallest absolute Gasteiger partial charge is 0.237 e. The maximum Gasteiger partial charge on any atom is 0.237 e. The van der Waals surface area contributed by atoms with Crippen LogP contribution in [0.15, 0.2) is 0 Å². The van der Waals surface area contributed by atoms with Crippen LogP contribution in [-0.2, 0) is 4.79 Å². The van der Waals surface area contributed by atoms with Gasteiger partial charge in [0.05, 0.1) is 6.04 Å². The van der Waals surface area contributed by atoms with Crippen LogP contribution < -0.4 is 10.6 Å². The number of hydrogen-bond donors (Lipinski definition) is 2. The first-order valence-electron chi connectivity index (χ1n) is 7.48. The van der Waals surface area contributed by atoms with Crippen molar-refractivity contribution >= 4 is 5.91 Å². The van der Waals surface area contributed by atoms with Crippen molar-refractivity contribution in [2.45, 2.75) is 51.6 Å². The molecule has 2 heterocycles. The second kappa shape index (κ2) is 6.53. The third-order valence-electron chi connectivity index (χ3n) is 4.45. The summed E-state index contributed by atoms with van der Waals surface area (Å²) >= 11 is 0. The summed E-state index contributed by atoms with van der Waals surface area (Å²) in [5, 5.41) is 6.45. The van der Waals surface area contributed by atoms with Crippen LogP contribution in [0, 0.1) is 5.92 Å². The second-order valence-electron chi connectivity index (χ2n) is 5.62. The maximum absolute atomic E-state index is 12.0. The van der Waals surface area contributed by atoms with Crippen molar-refractivity contribution in [2.24, 2.45) is 5.92 Å². The monoisotopic (exact) mass is 253 g/mol. The molecular formula is C14H27N3O. The minimum Gasteiger partial charge on any atom is -0.355 e. The predicted octanol–water partition coefficient (Wildman–Crippen LogP) is 0.975. The minimum absolute atomic E-state index is 0.0272. The fourth-order valence-electron chi connectivity index (χ4n) is 3.48. The van der Waals surface area contributed by atoms with E-state index in [-0.39, 0.29) is 11.9 Å². The van der Waals surface area contributed by atoms with Gasteiger partial charge in [0.25, 0.3) is 0 Å². The first-order chi connectivity index (χ1) is 8.74. The average Bonchev–Trinajstić information content (AvgIpc) is 2.88. The van der Waals surface area contributed by atoms with E-state index in [1.807, 2.05) is 6.92 Å². The number of nitrogens with zero attached hydrogens (tertiary/aromatic N) is 1. The third-order valence-corrected chi connectivity index (χ3v) is 4.45. The van der Waals surface area contributed by atoms with Crippen LogP contribution in [0.2, 0.25) is 0 Å². The number of carbonyl (C=O) groups excluding carboxylic acids is 1. The van der Waals surface area contributed by atoms with Gasteiger partial charge in [-0.1, -0.05) is 0 Å². The molecule has 0 aromatic rings. The Morgan fingerprint density at radius 2 is 2.28 bits per heavy atom. The van der Waals surface area contributed by atoms with Crippen molar-refractivity contribution in [1.29, 1.82) is 0 Å². The lowest BCUT2D eigenvalue weighted by Gasteiger charge is -2.37. The van der Waals surface area contributed by atoms with Crippen LogP contribution in [0.5, 0.6) is 0 Å². The van der Waals surface area contributed by atoms with Gasteiger partial charge >= 0.3 is 0 Å². The van der Waals surface area contributed by atoms with Gasteiger partial charge < -0.3 is 10.6 Å². The molecule has 2 rings (SSSR count). The zero-order valence-electron chi connectivity index (χ0n) is 11.7. The predicted molar refractivity (Wildman–Crippen MR) is 73.5 cm³/mol. The van der Waals surface area contributed by atoms with Crippen LogP contribution in [0.3, 0.4) is 0 Å². The highest BCUT2D eigenvalue weighted by Gasteiger charge is 2.36. The fourth-order valence-corrected chi connectivity index (χ4v) is 3.48. The molecule has 2 aliphatic rings. The van der Waals surface area contributed by atoms with Crippen molar-refractivity contribution in [3.8, 4) is 0 Å². The molecule has 2 fully saturated rings. The maximum atomic E-state index is 12.0. The van der Waals surface area contributed by atoms with E-state index in [9.17, 15) is 4.79 Å². The lowest BCUT2D eigenvalue weighted by atomic mass is 9.89. The molecule has 0 spiro atoms. The Balaban J connectivity index is 1.95. The standard InChI is InChI=1S/C14H27N3O/c1-3-16-14(18)11(2)17-9-5-7-13(17)12-6-4-8-15-10-12/h11-13,15H,3-10H2,1-2H3,(H,16,18). The number of rotatable bonds is 4. The molecule has 0 bridgehead atoms. The summed E-state index contributed by atoms with van der Waals surface area (Å²) < 4.78 is 0. The number of piperidine rings is 1. The number of amides is 1. The molecule has 2 N–H and O–H groups in total. The van der Waals surface area contributed by atoms with E-state index in [2.05, 4.69) is 22.5 Å². The van der Waals surface area contributed by atoms with Gasteiger partial charge in [0.1, 0.15) is 0 Å². The summed E-state index contributed by atoms with van der Waals surface area (Å²) in [6, 6.07) is 0.634. The van der Waals surface area contributed by atoms with Gasteiger partial charge in [-0.15, -0.1) is 0 Å². The molecule has 0 saturated carbocycles. The van der Waals surface area contributed by atoms with Gasteiger partial charge in [-0.25, -0.2) is 0 Å². The molecule has 4 heteroatoms. The Kier molecular flexibility index (Phi) is 5.01. The van der Waals surface area contributed by atoms with Gasteiger partial charge in [0, 0.05) is 12.6 Å². The van der Waals surface area contributed by atoms with E-state index in [1.54, 1.807) is 0 Å². The van der Waals surface area contributed by atoms with Crippen LogP contribution in [0.25, 0.3) is 0 Å². The van der Waals surface area contributed by atoms with E-state index < -0.39 is 0 Å². The molecule has 18 heavy (non-hydrogen) atoms. The van der Waals surface area contributed by atoms with Crippen molar-refractivity contribution < 1.29 is 4.79 Å². The zero-order valence-corrected chi connectivity index (χ0v) is 11.7. The molecule has 4 nitrogen and oxygen atoms in total. The van der Waals surface area contributed by atoms with Crippen molar-refractivity contribution in [3.05, 3.63) is 0 Å². The van der Waals surface area contributed by atoms with Crippen LogP contribution in [0.1, 0.15) is 39.5 Å². The summed E-state index contributed by atoms with van der Waals surface area (Å²) in [6.45, 7) is 8.14. The van der Waals surface area contributed by atoms with E-state index in [0.29, 0.717) is 6.04 Å². The Morgan fingerprint density at radius 3 is 2.94 bits per heavy atom. The summed E-state index contributed by atoms with van der Waals surface area (Å²) in [7, 11) is 0. The molecule has 2 saturated heterocycles. The molecule has 0 aliphatic carbocycles. The van der Waals surface area contributed by atoms with Crippen LogP contribution >= 0.6 is 0 Å². The molecule has 1 amide bonds. The third kappa shape index (κ3) is 3.04. The molecule has 0 aromatic carbocycles. The Bertz CT molecular complexity index is 276. The zero-order chi connectivity index (χ0) is 13.0. The molecule has 2 aliphatic heterocycles. The van der Waals surface area contributed by atoms with Crippen LogP contribution in [-0.4, -0.2) is 49.1 Å². The van der Waals surface area contributed by atoms with Gasteiger partial charge in [0.2, 0.25) is 5.91 Å². The summed E-state index contributed by atoms with van der Waals surface area (Å²) in [5.41, 5.74) is 0. The van der Waals surface area contributed by atoms with Crippen molar-refractivity contribution in [3.63, 3.8) is 0 Å². The van der Waals surface area contributed by atoms with Crippen molar-refractivity contribution in [2.75, 3.05) is 26.2 Å². The SMILES string of the molecule is CCNC(=O)C(C)N1CCCC1C1CCCNC1. The lowest BCUT2D eigenvalue weighted by molar-refractivity contribution is -0.126. The number of nitrogens with one attached hydrogen (secondary N) is 2. The largest absolute Gasteiger partial charge is 0.355 e. The highest BCUT2D eigenvalue weighted by Crippen LogP contribution is 2.29. The molecular weight excluding hydrogens is 226 g/mol. The molecule has 3 unspecified atom stereocenters. The number of likely N-dealkylation sites (N-methyl/N-ethyl adjacent to an activating group) is 1. The highest BCUT2D eigenvalue weighted by atomic mass is 16.2. The van der Waals surface area contributed by atoms with E-state index in [4.69, 9.17) is 0 Å². The quantitative estimate of drug-likeness (QED) is 0.785. The average molecular weight is 253 g/mol. The normalized spacial score (nSPS) is 31.2. The van der Waals surface area contributed by atoms with E-state index in [0.717, 1.165) is 32.1 Å². The highest BCUT2D eigenvalue weighted by molar-refractivity contribution is 5.81. The van der Waals surface area contributed by atoms with Gasteiger partial charge in [-0.3, -0.25) is 9.69 Å². The first-order valence-corrected chi connectivity index (χ1v) is 7.48. The Hall–Kier alpha value is -0.610. The van der Waals surface area contributed by atoms with Gasteiger partial charge in [-0.2, -0.15) is 0 Å². The molecule has 3 atom stereocenters. The summed E-state index contributed by atoms with van der Waals surface area (Å²) in [4.78, 5) is 14.4. The van der Waals surface area contributed by atoms with E-state index in [1.165, 1.54) is 25.7 Å². The van der Waals surface area contributed by atoms with Gasteiger partial charge in [-0.05, 0) is 65.1 Å². The minimum atomic E-state index is 0.0272. The fraction of sp³-hybridized carbons (Fsp3) is 0.929. The second-order valence-corrected chi connectivity index (χ2v) is 5.62. The number of hydrogen-bond acceptors (Lipinski definition) is 3. The topological polar surface area (TPSA) is 44.4 Å². The lowest BCUT2D eigenvalue weighted by Crippen LogP contribution is -2.51. The number of carbonyl (C=O) groups is 1. The van der Waals surface area contributed by atoms with E-state index >= 15 is 0 Å².